The summed E-state index contributed by atoms with van der Waals surface area (Å²) in [4.78, 5) is 1.11. The lowest BCUT2D eigenvalue weighted by atomic mass is 10.1. The Labute approximate surface area is 97.4 Å². The fourth-order valence-corrected chi connectivity index (χ4v) is 2.64. The van der Waals surface area contributed by atoms with Crippen molar-refractivity contribution in [3.05, 3.63) is 29.6 Å². The normalized spacial score (nSPS) is 13.8. The molecule has 4 heteroatoms. The van der Waals surface area contributed by atoms with Crippen molar-refractivity contribution >= 4 is 17.0 Å². The Morgan fingerprint density at radius 2 is 1.81 bits per heavy atom. The second-order valence-corrected chi connectivity index (χ2v) is 4.46. The van der Waals surface area contributed by atoms with Crippen LogP contribution in [0.2, 0.25) is 0 Å². The second kappa shape index (κ2) is 3.72. The van der Waals surface area contributed by atoms with E-state index in [0.717, 1.165) is 27.6 Å². The number of ether oxygens (including phenoxy) is 2. The Morgan fingerprint density at radius 1 is 1.06 bits per heavy atom. The summed E-state index contributed by atoms with van der Waals surface area (Å²) in [6.45, 7) is 1.25. The third-order valence-corrected chi connectivity index (χ3v) is 3.46. The van der Waals surface area contributed by atoms with Gasteiger partial charge in [0.1, 0.15) is 13.2 Å². The van der Waals surface area contributed by atoms with Crippen LogP contribution in [0.3, 0.4) is 0 Å². The van der Waals surface area contributed by atoms with Gasteiger partial charge >= 0.3 is 0 Å². The molecule has 1 aromatic heterocycles. The summed E-state index contributed by atoms with van der Waals surface area (Å²) in [6.07, 6.45) is 0. The first kappa shape index (κ1) is 9.54. The van der Waals surface area contributed by atoms with Gasteiger partial charge in [-0.05, 0) is 17.7 Å². The lowest BCUT2D eigenvalue weighted by Gasteiger charge is -2.16. The topological polar surface area (TPSA) is 44.5 Å². The molecule has 2 heterocycles. The van der Waals surface area contributed by atoms with E-state index < -0.39 is 0 Å². The van der Waals surface area contributed by atoms with Gasteiger partial charge in [-0.3, -0.25) is 0 Å². The van der Waals surface area contributed by atoms with Gasteiger partial charge in [0.05, 0.1) is 4.88 Å². The van der Waals surface area contributed by atoms with Gasteiger partial charge in [0, 0.05) is 11.1 Å². The Morgan fingerprint density at radius 3 is 2.62 bits per heavy atom. The van der Waals surface area contributed by atoms with Crippen molar-refractivity contribution < 1.29 is 9.47 Å². The summed E-state index contributed by atoms with van der Waals surface area (Å²) in [5, 5.41) is 1.99. The molecule has 0 radical (unpaired) electrons. The Bertz CT molecular complexity index is 504. The van der Waals surface area contributed by atoms with Crippen LogP contribution in [0.15, 0.2) is 29.6 Å². The van der Waals surface area contributed by atoms with Gasteiger partial charge in [0.25, 0.3) is 0 Å². The molecule has 2 N–H and O–H groups in total. The van der Waals surface area contributed by atoms with Crippen LogP contribution in [0.25, 0.3) is 10.4 Å². The molecular weight excluding hydrogens is 222 g/mol. The average Bonchev–Trinajstić information content (AvgIpc) is 2.74. The van der Waals surface area contributed by atoms with E-state index in [2.05, 4.69) is 0 Å². The number of benzene rings is 1. The molecule has 2 aromatic rings. The zero-order chi connectivity index (χ0) is 11.0. The molecular formula is C12H11NO2S. The van der Waals surface area contributed by atoms with E-state index in [0.29, 0.717) is 13.2 Å². The molecule has 0 atom stereocenters. The predicted octanol–water partition coefficient (Wildman–Crippen LogP) is 2.77. The van der Waals surface area contributed by atoms with Gasteiger partial charge in [0.2, 0.25) is 0 Å². The van der Waals surface area contributed by atoms with Crippen molar-refractivity contribution in [1.82, 2.24) is 0 Å². The molecule has 0 bridgehead atoms. The molecule has 3 rings (SSSR count). The fourth-order valence-electron chi connectivity index (χ4n) is 1.70. The number of hydrogen-bond acceptors (Lipinski definition) is 4. The predicted molar refractivity (Wildman–Crippen MR) is 65.2 cm³/mol. The summed E-state index contributed by atoms with van der Waals surface area (Å²) in [5.41, 5.74) is 7.55. The summed E-state index contributed by atoms with van der Waals surface area (Å²) < 4.78 is 11.1. The maximum atomic E-state index is 5.67. The number of hydrogen-bond donors (Lipinski definition) is 1. The van der Waals surface area contributed by atoms with E-state index in [1.807, 2.05) is 29.6 Å². The van der Waals surface area contributed by atoms with E-state index in [1.54, 1.807) is 11.3 Å². The van der Waals surface area contributed by atoms with Crippen LogP contribution in [0.5, 0.6) is 11.5 Å². The summed E-state index contributed by atoms with van der Waals surface area (Å²) in [5.74, 6) is 1.71. The van der Waals surface area contributed by atoms with Crippen LogP contribution in [0.4, 0.5) is 5.69 Å². The zero-order valence-corrected chi connectivity index (χ0v) is 9.42. The fraction of sp³-hybridized carbons (Fsp3) is 0.167. The number of nitrogen functional groups attached to an aromatic ring is 1. The number of thiophene rings is 1. The van der Waals surface area contributed by atoms with Gasteiger partial charge in [-0.25, -0.2) is 0 Å². The van der Waals surface area contributed by atoms with E-state index >= 15 is 0 Å². The smallest absolute Gasteiger partial charge is 0.179 e. The maximum Gasteiger partial charge on any atom is 0.179 e. The van der Waals surface area contributed by atoms with E-state index in [4.69, 9.17) is 15.2 Å². The standard InChI is InChI=1S/C12H11NO2S/c13-9-3-1-8(2-4-9)12-11-10(7-16-12)14-5-6-15-11/h1-4,7H,5-6,13H2. The van der Waals surface area contributed by atoms with Crippen LogP contribution < -0.4 is 15.2 Å². The lowest BCUT2D eigenvalue weighted by molar-refractivity contribution is 0.174. The van der Waals surface area contributed by atoms with Gasteiger partial charge in [-0.2, -0.15) is 0 Å². The summed E-state index contributed by atoms with van der Waals surface area (Å²) in [7, 11) is 0. The van der Waals surface area contributed by atoms with Crippen molar-refractivity contribution in [1.29, 1.82) is 0 Å². The van der Waals surface area contributed by atoms with Crippen LogP contribution in [0, 0.1) is 0 Å². The molecule has 0 unspecified atom stereocenters. The Hall–Kier alpha value is -1.68. The second-order valence-electron chi connectivity index (χ2n) is 3.58. The van der Waals surface area contributed by atoms with E-state index in [-0.39, 0.29) is 0 Å². The minimum atomic E-state index is 0.617. The van der Waals surface area contributed by atoms with Crippen molar-refractivity contribution in [2.45, 2.75) is 0 Å². The highest BCUT2D eigenvalue weighted by atomic mass is 32.1. The van der Waals surface area contributed by atoms with Crippen LogP contribution in [-0.4, -0.2) is 13.2 Å². The Kier molecular flexibility index (Phi) is 2.22. The number of nitrogens with two attached hydrogens (primary N) is 1. The number of fused-ring (bicyclic) bond motifs is 1. The third kappa shape index (κ3) is 1.51. The van der Waals surface area contributed by atoms with Crippen molar-refractivity contribution in [2.75, 3.05) is 18.9 Å². The van der Waals surface area contributed by atoms with Gasteiger partial charge in [-0.1, -0.05) is 12.1 Å². The number of rotatable bonds is 1. The Balaban J connectivity index is 2.06. The lowest BCUT2D eigenvalue weighted by Crippen LogP contribution is -2.14. The highest BCUT2D eigenvalue weighted by molar-refractivity contribution is 7.14. The molecule has 0 saturated carbocycles. The van der Waals surface area contributed by atoms with Crippen LogP contribution in [0.1, 0.15) is 0 Å². The first-order chi connectivity index (χ1) is 7.84. The van der Waals surface area contributed by atoms with Gasteiger partial charge < -0.3 is 15.2 Å². The third-order valence-electron chi connectivity index (χ3n) is 2.47. The molecule has 0 aliphatic carbocycles. The monoisotopic (exact) mass is 233 g/mol. The zero-order valence-electron chi connectivity index (χ0n) is 8.60. The van der Waals surface area contributed by atoms with Crippen LogP contribution in [-0.2, 0) is 0 Å². The summed E-state index contributed by atoms with van der Waals surface area (Å²) >= 11 is 1.63. The molecule has 82 valence electrons. The molecule has 3 nitrogen and oxygen atoms in total. The minimum absolute atomic E-state index is 0.617. The first-order valence-electron chi connectivity index (χ1n) is 5.07. The SMILES string of the molecule is Nc1ccc(-c2scc3c2OCCO3)cc1. The molecule has 1 aliphatic rings. The molecule has 16 heavy (non-hydrogen) atoms. The van der Waals surface area contributed by atoms with Crippen molar-refractivity contribution in [2.24, 2.45) is 0 Å². The number of anilines is 1. The van der Waals surface area contributed by atoms with E-state index in [9.17, 15) is 0 Å². The molecule has 1 aromatic carbocycles. The largest absolute Gasteiger partial charge is 0.485 e. The molecule has 0 amide bonds. The van der Waals surface area contributed by atoms with E-state index in [1.165, 1.54) is 0 Å². The minimum Gasteiger partial charge on any atom is -0.485 e. The van der Waals surface area contributed by atoms with Crippen LogP contribution >= 0.6 is 11.3 Å². The first-order valence-corrected chi connectivity index (χ1v) is 5.95. The van der Waals surface area contributed by atoms with Crippen molar-refractivity contribution in [3.63, 3.8) is 0 Å². The average molecular weight is 233 g/mol. The van der Waals surface area contributed by atoms with Crippen molar-refractivity contribution in [3.8, 4) is 21.9 Å². The highest BCUT2D eigenvalue weighted by Gasteiger charge is 2.19. The van der Waals surface area contributed by atoms with Gasteiger partial charge in [-0.15, -0.1) is 11.3 Å². The summed E-state index contributed by atoms with van der Waals surface area (Å²) in [6, 6.07) is 7.79. The molecule has 0 saturated heterocycles. The quantitative estimate of drug-likeness (QED) is 0.770. The van der Waals surface area contributed by atoms with Gasteiger partial charge in [0.15, 0.2) is 11.5 Å². The molecule has 1 aliphatic heterocycles. The molecule has 0 fully saturated rings. The highest BCUT2D eigenvalue weighted by Crippen LogP contribution is 2.45. The molecule has 0 spiro atoms. The maximum absolute atomic E-state index is 5.67.